The van der Waals surface area contributed by atoms with Crippen molar-refractivity contribution in [1.29, 1.82) is 0 Å². The average molecular weight is 454 g/mol. The van der Waals surface area contributed by atoms with Crippen molar-refractivity contribution in [1.82, 2.24) is 9.97 Å². The van der Waals surface area contributed by atoms with E-state index in [2.05, 4.69) is 9.97 Å². The van der Waals surface area contributed by atoms with Crippen molar-refractivity contribution >= 4 is 10.8 Å². The Kier molecular flexibility index (Phi) is 6.58. The highest BCUT2D eigenvalue weighted by atomic mass is 19.4. The van der Waals surface area contributed by atoms with Gasteiger partial charge in [-0.1, -0.05) is 43.3 Å². The summed E-state index contributed by atoms with van der Waals surface area (Å²) in [5, 5.41) is 1.29. The van der Waals surface area contributed by atoms with Crippen LogP contribution in [0.1, 0.15) is 23.6 Å². The van der Waals surface area contributed by atoms with E-state index in [-0.39, 0.29) is 11.6 Å². The lowest BCUT2D eigenvalue weighted by atomic mass is 9.99. The number of aryl methyl sites for hydroxylation is 3. The summed E-state index contributed by atoms with van der Waals surface area (Å²) in [4.78, 5) is 8.78. The fraction of sp³-hybridized carbons (Fsp3) is 0.231. The highest BCUT2D eigenvalue weighted by Crippen LogP contribution is 2.27. The third-order valence-electron chi connectivity index (χ3n) is 5.41. The minimum absolute atomic E-state index is 0.150. The van der Waals surface area contributed by atoms with Gasteiger partial charge in [0.05, 0.1) is 0 Å². The van der Waals surface area contributed by atoms with Gasteiger partial charge in [-0.15, -0.1) is 0 Å². The van der Waals surface area contributed by atoms with Crippen molar-refractivity contribution in [2.75, 3.05) is 6.61 Å². The van der Waals surface area contributed by atoms with E-state index in [4.69, 9.17) is 4.74 Å². The number of halogens is 4. The largest absolute Gasteiger partial charge is 0.484 e. The van der Waals surface area contributed by atoms with Gasteiger partial charge in [-0.05, 0) is 59.5 Å². The number of nitrogens with zero attached hydrogens (tertiary/aromatic N) is 2. The van der Waals surface area contributed by atoms with Crippen LogP contribution in [-0.4, -0.2) is 22.8 Å². The van der Waals surface area contributed by atoms with E-state index in [1.807, 2.05) is 25.1 Å². The summed E-state index contributed by atoms with van der Waals surface area (Å²) in [5.74, 6) is 0.477. The standard InChI is InChI=1S/C26H22F4N2O/c1-2-17-14-31-25(32-15-17)21-9-12-23-20(13-21)8-7-19(24(23)27)6-3-18-4-10-22(11-5-18)33-16-26(28,29)30/h4-5,7-15H,2-3,6,16H2,1H3. The molecular weight excluding hydrogens is 432 g/mol. The van der Waals surface area contributed by atoms with Gasteiger partial charge in [0, 0.05) is 23.3 Å². The first-order chi connectivity index (χ1) is 15.8. The Bertz CT molecular complexity index is 1240. The van der Waals surface area contributed by atoms with Crippen LogP contribution in [0.5, 0.6) is 5.75 Å². The minimum Gasteiger partial charge on any atom is -0.484 e. The molecule has 3 aromatic carbocycles. The van der Waals surface area contributed by atoms with Crippen molar-refractivity contribution in [3.63, 3.8) is 0 Å². The van der Waals surface area contributed by atoms with Crippen LogP contribution in [0.4, 0.5) is 17.6 Å². The lowest BCUT2D eigenvalue weighted by Crippen LogP contribution is -2.19. The first-order valence-electron chi connectivity index (χ1n) is 10.6. The summed E-state index contributed by atoms with van der Waals surface area (Å²) in [6, 6.07) is 15.5. The second kappa shape index (κ2) is 9.57. The van der Waals surface area contributed by atoms with E-state index in [1.54, 1.807) is 36.7 Å². The molecule has 7 heteroatoms. The van der Waals surface area contributed by atoms with Crippen molar-refractivity contribution < 1.29 is 22.3 Å². The first-order valence-corrected chi connectivity index (χ1v) is 10.6. The molecule has 0 radical (unpaired) electrons. The van der Waals surface area contributed by atoms with Gasteiger partial charge in [0.25, 0.3) is 0 Å². The summed E-state index contributed by atoms with van der Waals surface area (Å²) in [6.45, 7) is 0.712. The Morgan fingerprint density at radius 2 is 1.58 bits per heavy atom. The molecule has 0 fully saturated rings. The normalized spacial score (nSPS) is 11.7. The molecule has 4 aromatic rings. The van der Waals surface area contributed by atoms with Gasteiger partial charge < -0.3 is 4.74 Å². The highest BCUT2D eigenvalue weighted by Gasteiger charge is 2.28. The quantitative estimate of drug-likeness (QED) is 0.291. The predicted octanol–water partition coefficient (Wildman–Crippen LogP) is 6.72. The number of ether oxygens (including phenoxy) is 1. The van der Waals surface area contributed by atoms with E-state index in [0.717, 1.165) is 28.5 Å². The fourth-order valence-corrected chi connectivity index (χ4v) is 3.55. The van der Waals surface area contributed by atoms with E-state index < -0.39 is 12.8 Å². The second-order valence-corrected chi connectivity index (χ2v) is 7.79. The molecule has 0 atom stereocenters. The Balaban J connectivity index is 1.45. The van der Waals surface area contributed by atoms with Crippen molar-refractivity contribution in [2.45, 2.75) is 32.4 Å². The lowest BCUT2D eigenvalue weighted by Gasteiger charge is -2.10. The topological polar surface area (TPSA) is 35.0 Å². The van der Waals surface area contributed by atoms with Gasteiger partial charge in [-0.2, -0.15) is 13.2 Å². The van der Waals surface area contributed by atoms with Crippen molar-refractivity contribution in [2.24, 2.45) is 0 Å². The summed E-state index contributed by atoms with van der Waals surface area (Å²) in [7, 11) is 0. The van der Waals surface area contributed by atoms with Crippen LogP contribution in [0.15, 0.2) is 67.0 Å². The van der Waals surface area contributed by atoms with Gasteiger partial charge in [0.2, 0.25) is 0 Å². The molecule has 0 bridgehead atoms. The maximum absolute atomic E-state index is 15.1. The summed E-state index contributed by atoms with van der Waals surface area (Å²) >= 11 is 0. The maximum atomic E-state index is 15.1. The molecule has 1 heterocycles. The third-order valence-corrected chi connectivity index (χ3v) is 5.41. The zero-order valence-electron chi connectivity index (χ0n) is 18.0. The van der Waals surface area contributed by atoms with E-state index in [9.17, 15) is 13.2 Å². The zero-order chi connectivity index (χ0) is 23.4. The fourth-order valence-electron chi connectivity index (χ4n) is 3.55. The maximum Gasteiger partial charge on any atom is 0.422 e. The van der Waals surface area contributed by atoms with Crippen LogP contribution in [0.2, 0.25) is 0 Å². The van der Waals surface area contributed by atoms with E-state index >= 15 is 4.39 Å². The van der Waals surface area contributed by atoms with Crippen LogP contribution < -0.4 is 4.74 Å². The second-order valence-electron chi connectivity index (χ2n) is 7.79. The molecule has 1 aromatic heterocycles. The smallest absolute Gasteiger partial charge is 0.422 e. The molecule has 3 nitrogen and oxygen atoms in total. The minimum atomic E-state index is -4.38. The summed E-state index contributed by atoms with van der Waals surface area (Å²) in [6.07, 6.45) is 1.10. The van der Waals surface area contributed by atoms with Crippen molar-refractivity contribution in [3.05, 3.63) is 89.5 Å². The predicted molar refractivity (Wildman–Crippen MR) is 120 cm³/mol. The van der Waals surface area contributed by atoms with Crippen LogP contribution in [0.3, 0.4) is 0 Å². The van der Waals surface area contributed by atoms with E-state index in [0.29, 0.717) is 29.6 Å². The monoisotopic (exact) mass is 454 g/mol. The molecule has 0 saturated carbocycles. The van der Waals surface area contributed by atoms with Crippen molar-refractivity contribution in [3.8, 4) is 17.1 Å². The molecule has 170 valence electrons. The third kappa shape index (κ3) is 5.66. The number of benzene rings is 3. The Hall–Kier alpha value is -3.48. The van der Waals surface area contributed by atoms with Crippen LogP contribution >= 0.6 is 0 Å². The van der Waals surface area contributed by atoms with Gasteiger partial charge in [0.15, 0.2) is 12.4 Å². The molecule has 0 aliphatic carbocycles. The molecule has 0 spiro atoms. The van der Waals surface area contributed by atoms with Crippen LogP contribution in [0.25, 0.3) is 22.2 Å². The molecule has 0 unspecified atom stereocenters. The van der Waals surface area contributed by atoms with Gasteiger partial charge in [-0.3, -0.25) is 0 Å². The molecule has 0 N–H and O–H groups in total. The zero-order valence-corrected chi connectivity index (χ0v) is 18.0. The first kappa shape index (κ1) is 22.7. The summed E-state index contributed by atoms with van der Waals surface area (Å²) in [5.41, 5.74) is 3.34. The molecule has 0 amide bonds. The number of hydrogen-bond acceptors (Lipinski definition) is 3. The number of hydrogen-bond donors (Lipinski definition) is 0. The molecule has 0 saturated heterocycles. The lowest BCUT2D eigenvalue weighted by molar-refractivity contribution is -0.153. The molecular formula is C26H22F4N2O. The molecule has 0 aliphatic rings. The molecule has 0 aliphatic heterocycles. The number of aromatic nitrogens is 2. The molecule has 33 heavy (non-hydrogen) atoms. The molecule has 4 rings (SSSR count). The number of rotatable bonds is 7. The van der Waals surface area contributed by atoms with Crippen LogP contribution in [0, 0.1) is 5.82 Å². The summed E-state index contributed by atoms with van der Waals surface area (Å²) < 4.78 is 56.6. The van der Waals surface area contributed by atoms with E-state index in [1.165, 1.54) is 12.1 Å². The van der Waals surface area contributed by atoms with Gasteiger partial charge in [0.1, 0.15) is 11.6 Å². The SMILES string of the molecule is CCc1cnc(-c2ccc3c(F)c(CCc4ccc(OCC(F)(F)F)cc4)ccc3c2)nc1. The van der Waals surface area contributed by atoms with Gasteiger partial charge in [-0.25, -0.2) is 14.4 Å². The number of alkyl halides is 3. The number of fused-ring (bicyclic) bond motifs is 1. The Morgan fingerprint density at radius 3 is 2.24 bits per heavy atom. The van der Waals surface area contributed by atoms with Gasteiger partial charge >= 0.3 is 6.18 Å². The Labute approximate surface area is 189 Å². The van der Waals surface area contributed by atoms with Crippen LogP contribution in [-0.2, 0) is 19.3 Å². The average Bonchev–Trinajstić information content (AvgIpc) is 2.82. The highest BCUT2D eigenvalue weighted by molar-refractivity contribution is 5.87. The Morgan fingerprint density at radius 1 is 0.848 bits per heavy atom.